The largest absolute Gasteiger partial charge is 0.496 e. The van der Waals surface area contributed by atoms with Crippen LogP contribution >= 0.6 is 0 Å². The molecule has 0 N–H and O–H groups in total. The summed E-state index contributed by atoms with van der Waals surface area (Å²) in [6.07, 6.45) is 3.20. The Hall–Kier alpha value is -2.33. The second-order valence-electron chi connectivity index (χ2n) is 8.08. The summed E-state index contributed by atoms with van der Waals surface area (Å²) in [4.78, 5) is 18.2. The minimum atomic E-state index is -0.275. The van der Waals surface area contributed by atoms with Gasteiger partial charge in [-0.05, 0) is 37.4 Å². The monoisotopic (exact) mass is 362 g/mol. The predicted octanol–water partition coefficient (Wildman–Crippen LogP) is 3.63. The first-order valence-corrected chi connectivity index (χ1v) is 9.97. The zero-order valence-corrected chi connectivity index (χ0v) is 15.8. The molecule has 0 aliphatic carbocycles. The van der Waals surface area contributed by atoms with Gasteiger partial charge in [-0.3, -0.25) is 9.69 Å². The van der Waals surface area contributed by atoms with Crippen LogP contribution in [0.5, 0.6) is 5.75 Å². The summed E-state index contributed by atoms with van der Waals surface area (Å²) in [6, 6.07) is 19.2. The summed E-state index contributed by atoms with van der Waals surface area (Å²) in [5.74, 6) is 1.62. The molecular formula is C23H26N2O2. The third-order valence-corrected chi connectivity index (χ3v) is 6.87. The van der Waals surface area contributed by atoms with Gasteiger partial charge >= 0.3 is 0 Å². The lowest BCUT2D eigenvalue weighted by molar-refractivity contribution is -0.137. The van der Waals surface area contributed by atoms with E-state index in [-0.39, 0.29) is 5.54 Å². The number of carbonyl (C=O) groups excluding carboxylic acids is 1. The van der Waals surface area contributed by atoms with Crippen molar-refractivity contribution in [2.24, 2.45) is 5.92 Å². The smallest absolute Gasteiger partial charge is 0.243 e. The number of methoxy groups -OCH3 is 1. The predicted molar refractivity (Wildman–Crippen MR) is 104 cm³/mol. The Morgan fingerprint density at radius 3 is 2.70 bits per heavy atom. The van der Waals surface area contributed by atoms with Crippen LogP contribution in [0.15, 0.2) is 54.6 Å². The second kappa shape index (κ2) is 6.38. The Labute approximate surface area is 160 Å². The molecule has 27 heavy (non-hydrogen) atoms. The molecule has 5 rings (SSSR count). The normalized spacial score (nSPS) is 29.8. The molecule has 3 heterocycles. The maximum atomic E-state index is 13.6. The van der Waals surface area contributed by atoms with Gasteiger partial charge in [0.1, 0.15) is 11.3 Å². The Bertz CT molecular complexity index is 852. The summed E-state index contributed by atoms with van der Waals surface area (Å²) in [5, 5.41) is 0. The van der Waals surface area contributed by atoms with E-state index in [1.54, 1.807) is 7.11 Å². The molecule has 2 aromatic rings. The van der Waals surface area contributed by atoms with Crippen LogP contribution < -0.4 is 4.74 Å². The molecule has 4 heteroatoms. The first-order valence-electron chi connectivity index (χ1n) is 9.97. The average molecular weight is 362 g/mol. The number of amides is 1. The van der Waals surface area contributed by atoms with Crippen molar-refractivity contribution in [2.45, 2.75) is 37.4 Å². The number of benzene rings is 2. The third-order valence-electron chi connectivity index (χ3n) is 6.87. The lowest BCUT2D eigenvalue weighted by Crippen LogP contribution is -2.49. The SMILES string of the molecule is COc1ccccc1CN1C[C@@H]2C[C@@H](c3ccccc3)N3CCC[C@@]23C1=O. The van der Waals surface area contributed by atoms with Crippen LogP contribution in [0.2, 0.25) is 0 Å². The number of hydrogen-bond acceptors (Lipinski definition) is 3. The van der Waals surface area contributed by atoms with Gasteiger partial charge in [-0.15, -0.1) is 0 Å². The van der Waals surface area contributed by atoms with E-state index in [0.717, 1.165) is 43.7 Å². The van der Waals surface area contributed by atoms with Gasteiger partial charge in [-0.2, -0.15) is 0 Å². The fourth-order valence-corrected chi connectivity index (χ4v) is 5.75. The van der Waals surface area contributed by atoms with Crippen molar-refractivity contribution in [1.29, 1.82) is 0 Å². The van der Waals surface area contributed by atoms with Gasteiger partial charge in [0.05, 0.1) is 7.11 Å². The molecule has 1 amide bonds. The standard InChI is InChI=1S/C23H26N2O2/c1-27-21-11-6-5-10-18(21)15-24-16-19-14-20(17-8-3-2-4-9-17)25-13-7-12-23(19,25)22(24)26/h2-6,8-11,19-20H,7,12-16H2,1H3/t19-,20-,23-/m0/s1. The molecule has 3 saturated heterocycles. The molecule has 140 valence electrons. The van der Waals surface area contributed by atoms with E-state index in [4.69, 9.17) is 4.74 Å². The van der Waals surface area contributed by atoms with Crippen molar-refractivity contribution in [2.75, 3.05) is 20.2 Å². The van der Waals surface area contributed by atoms with E-state index in [1.165, 1.54) is 5.56 Å². The molecule has 0 unspecified atom stereocenters. The van der Waals surface area contributed by atoms with Gasteiger partial charge in [0, 0.05) is 30.6 Å². The van der Waals surface area contributed by atoms with Crippen molar-refractivity contribution < 1.29 is 9.53 Å². The maximum absolute atomic E-state index is 13.6. The van der Waals surface area contributed by atoms with E-state index in [0.29, 0.717) is 24.4 Å². The number of hydrogen-bond donors (Lipinski definition) is 0. The molecule has 3 aliphatic rings. The second-order valence-corrected chi connectivity index (χ2v) is 8.08. The van der Waals surface area contributed by atoms with Crippen LogP contribution in [0.1, 0.15) is 36.4 Å². The molecule has 3 atom stereocenters. The van der Waals surface area contributed by atoms with Crippen LogP contribution in [0, 0.1) is 5.92 Å². The van der Waals surface area contributed by atoms with E-state index < -0.39 is 0 Å². The Kier molecular flexibility index (Phi) is 3.97. The van der Waals surface area contributed by atoms with E-state index >= 15 is 0 Å². The molecule has 0 bridgehead atoms. The molecule has 4 nitrogen and oxygen atoms in total. The van der Waals surface area contributed by atoms with Crippen molar-refractivity contribution >= 4 is 5.91 Å². The number of likely N-dealkylation sites (tertiary alicyclic amines) is 1. The van der Waals surface area contributed by atoms with E-state index in [1.807, 2.05) is 18.2 Å². The summed E-state index contributed by atoms with van der Waals surface area (Å²) >= 11 is 0. The lowest BCUT2D eigenvalue weighted by Gasteiger charge is -2.33. The highest BCUT2D eigenvalue weighted by Gasteiger charge is 2.65. The molecular weight excluding hydrogens is 336 g/mol. The average Bonchev–Trinajstić information content (AvgIpc) is 3.34. The van der Waals surface area contributed by atoms with Gasteiger partial charge in [0.25, 0.3) is 0 Å². The summed E-state index contributed by atoms with van der Waals surface area (Å²) < 4.78 is 5.50. The van der Waals surface area contributed by atoms with Crippen molar-refractivity contribution in [1.82, 2.24) is 9.80 Å². The van der Waals surface area contributed by atoms with E-state index in [9.17, 15) is 4.79 Å². The highest BCUT2D eigenvalue weighted by atomic mass is 16.5. The van der Waals surface area contributed by atoms with Crippen LogP contribution in [0.4, 0.5) is 0 Å². The van der Waals surface area contributed by atoms with Crippen LogP contribution in [-0.2, 0) is 11.3 Å². The Morgan fingerprint density at radius 2 is 1.89 bits per heavy atom. The fraction of sp³-hybridized carbons (Fsp3) is 0.435. The van der Waals surface area contributed by atoms with Crippen molar-refractivity contribution in [3.63, 3.8) is 0 Å². The van der Waals surface area contributed by atoms with Crippen LogP contribution in [0.3, 0.4) is 0 Å². The Balaban J connectivity index is 1.43. The summed E-state index contributed by atoms with van der Waals surface area (Å²) in [5.41, 5.74) is 2.17. The molecule has 1 spiro atoms. The topological polar surface area (TPSA) is 32.8 Å². The number of ether oxygens (including phenoxy) is 1. The zero-order valence-electron chi connectivity index (χ0n) is 15.8. The summed E-state index contributed by atoms with van der Waals surface area (Å²) in [7, 11) is 1.70. The van der Waals surface area contributed by atoms with Crippen molar-refractivity contribution in [3.05, 3.63) is 65.7 Å². The highest BCUT2D eigenvalue weighted by molar-refractivity contribution is 5.90. The molecule has 0 aromatic heterocycles. The molecule has 0 radical (unpaired) electrons. The van der Waals surface area contributed by atoms with Gasteiger partial charge in [-0.25, -0.2) is 0 Å². The van der Waals surface area contributed by atoms with Gasteiger partial charge in [-0.1, -0.05) is 48.5 Å². The Morgan fingerprint density at radius 1 is 1.11 bits per heavy atom. The first-order chi connectivity index (χ1) is 13.2. The van der Waals surface area contributed by atoms with Crippen LogP contribution in [0.25, 0.3) is 0 Å². The minimum Gasteiger partial charge on any atom is -0.496 e. The van der Waals surface area contributed by atoms with Crippen LogP contribution in [-0.4, -0.2) is 41.4 Å². The highest BCUT2D eigenvalue weighted by Crippen LogP contribution is 2.56. The van der Waals surface area contributed by atoms with Gasteiger partial charge < -0.3 is 9.64 Å². The minimum absolute atomic E-state index is 0.275. The molecule has 2 aromatic carbocycles. The first kappa shape index (κ1) is 16.8. The van der Waals surface area contributed by atoms with E-state index in [2.05, 4.69) is 46.2 Å². The number of nitrogens with zero attached hydrogens (tertiary/aromatic N) is 2. The fourth-order valence-electron chi connectivity index (χ4n) is 5.75. The number of para-hydroxylation sites is 1. The zero-order chi connectivity index (χ0) is 18.4. The van der Waals surface area contributed by atoms with Gasteiger partial charge in [0.15, 0.2) is 0 Å². The number of rotatable bonds is 4. The lowest BCUT2D eigenvalue weighted by atomic mass is 9.85. The maximum Gasteiger partial charge on any atom is 0.243 e. The van der Waals surface area contributed by atoms with Gasteiger partial charge in [0.2, 0.25) is 5.91 Å². The quantitative estimate of drug-likeness (QED) is 0.833. The molecule has 3 aliphatic heterocycles. The molecule has 3 fully saturated rings. The molecule has 0 saturated carbocycles. The van der Waals surface area contributed by atoms with Crippen molar-refractivity contribution in [3.8, 4) is 5.75 Å². The number of carbonyl (C=O) groups is 1. The third kappa shape index (κ3) is 2.43. The summed E-state index contributed by atoms with van der Waals surface area (Å²) in [6.45, 7) is 2.53.